The maximum Gasteiger partial charge on any atom is 0.333 e. The molecule has 0 radical (unpaired) electrons. The highest BCUT2D eigenvalue weighted by Crippen LogP contribution is 2.75. The predicted octanol–water partition coefficient (Wildman–Crippen LogP) is 6.66. The Kier molecular flexibility index (Phi) is 11.0. The predicted molar refractivity (Wildman–Crippen MR) is 248 cm³/mol. The Hall–Kier alpha value is -5.35. The topological polar surface area (TPSA) is 197 Å². The molecule has 2 aromatic rings. The van der Waals surface area contributed by atoms with E-state index in [1.807, 2.05) is 78.8 Å². The van der Waals surface area contributed by atoms with Crippen LogP contribution in [0, 0.1) is 17.8 Å². The van der Waals surface area contributed by atoms with E-state index in [1.165, 1.54) is 7.11 Å². The van der Waals surface area contributed by atoms with Crippen LogP contribution in [0.1, 0.15) is 114 Å². The number of Topliss-reactive ketones (excluding diaryl/α,β-unsaturated/α-hetero) is 2. The van der Waals surface area contributed by atoms with Crippen LogP contribution in [0.2, 0.25) is 0 Å². The molecule has 4 bridgehead atoms. The minimum Gasteiger partial charge on any atom is -0.482 e. The fraction of sp³-hybridized carbons (Fsp3) is 0.500. The average molecular weight is 933 g/mol. The van der Waals surface area contributed by atoms with Gasteiger partial charge in [0.2, 0.25) is 6.29 Å². The second-order valence-electron chi connectivity index (χ2n) is 20.8. The van der Waals surface area contributed by atoms with Gasteiger partial charge in [-0.15, -0.1) is 0 Å². The number of benzene rings is 2. The Balaban J connectivity index is 1.30. The zero-order chi connectivity index (χ0) is 48.6. The summed E-state index contributed by atoms with van der Waals surface area (Å²) in [5.74, 6) is -1.88. The normalized spacial score (nSPS) is 34.2. The van der Waals surface area contributed by atoms with E-state index in [0.29, 0.717) is 69.7 Å². The number of fused-ring (bicyclic) bond motifs is 5. The summed E-state index contributed by atoms with van der Waals surface area (Å²) in [5, 5.41) is 43.8. The second kappa shape index (κ2) is 16.1. The van der Waals surface area contributed by atoms with Crippen molar-refractivity contribution >= 4 is 35.1 Å². The molecule has 9 aliphatic rings. The number of allylic oxidation sites excluding steroid dienone is 5. The second-order valence-corrected chi connectivity index (χ2v) is 20.8. The lowest BCUT2D eigenvalue weighted by atomic mass is 9.45. The molecule has 5 aliphatic heterocycles. The van der Waals surface area contributed by atoms with Crippen molar-refractivity contribution < 1.29 is 68.0 Å². The van der Waals surface area contributed by atoms with Crippen molar-refractivity contribution in [2.24, 2.45) is 17.8 Å². The molecule has 6 unspecified atom stereocenters. The molecule has 68 heavy (non-hydrogen) atoms. The van der Waals surface area contributed by atoms with Crippen molar-refractivity contribution in [3.8, 4) is 17.2 Å². The molecule has 4 aliphatic carbocycles. The lowest BCUT2D eigenvalue weighted by Crippen LogP contribution is -2.75. The number of ketones is 2. The molecule has 11 atom stereocenters. The van der Waals surface area contributed by atoms with Crippen LogP contribution in [0.5, 0.6) is 17.2 Å². The quantitative estimate of drug-likeness (QED) is 0.106. The summed E-state index contributed by atoms with van der Waals surface area (Å²) >= 11 is 0. The van der Waals surface area contributed by atoms with Crippen LogP contribution in [-0.2, 0) is 35.0 Å². The molecular formula is C54H60O14. The minimum atomic E-state index is -1.80. The molecule has 4 N–H and O–H groups in total. The first-order valence-electron chi connectivity index (χ1n) is 23.6. The van der Waals surface area contributed by atoms with Crippen LogP contribution >= 0.6 is 0 Å². The van der Waals surface area contributed by atoms with E-state index in [2.05, 4.69) is 6.08 Å². The van der Waals surface area contributed by atoms with Gasteiger partial charge in [-0.05, 0) is 93.2 Å². The molecule has 3 saturated carbocycles. The highest BCUT2D eigenvalue weighted by Gasteiger charge is 2.84. The Morgan fingerprint density at radius 1 is 0.897 bits per heavy atom. The highest BCUT2D eigenvalue weighted by molar-refractivity contribution is 6.22. The van der Waals surface area contributed by atoms with Gasteiger partial charge in [0.15, 0.2) is 22.8 Å². The molecule has 2 aromatic carbocycles. The molecule has 0 aromatic heterocycles. The number of carbonyl (C=O) groups is 3. The van der Waals surface area contributed by atoms with Crippen molar-refractivity contribution in [1.82, 2.24) is 0 Å². The molecule has 360 valence electrons. The van der Waals surface area contributed by atoms with Gasteiger partial charge in [0.25, 0.3) is 0 Å². The molecule has 2 saturated heterocycles. The highest BCUT2D eigenvalue weighted by atomic mass is 16.7. The van der Waals surface area contributed by atoms with E-state index < -0.39 is 83.4 Å². The van der Waals surface area contributed by atoms with Gasteiger partial charge in [0.1, 0.15) is 64.3 Å². The van der Waals surface area contributed by atoms with Crippen molar-refractivity contribution in [2.75, 3.05) is 13.7 Å². The first-order valence-corrected chi connectivity index (χ1v) is 23.6. The number of esters is 1. The van der Waals surface area contributed by atoms with Crippen LogP contribution in [0.25, 0.3) is 17.6 Å². The first-order chi connectivity index (χ1) is 32.2. The maximum absolute atomic E-state index is 15.9. The smallest absolute Gasteiger partial charge is 0.333 e. The Bertz CT molecular complexity index is 2740. The number of aliphatic hydroxyl groups excluding tert-OH is 4. The Labute approximate surface area is 395 Å². The number of methoxy groups -OCH3 is 1. The van der Waals surface area contributed by atoms with Gasteiger partial charge in [-0.2, -0.15) is 0 Å². The Morgan fingerprint density at radius 2 is 1.62 bits per heavy atom. The number of carbonyl (C=O) groups excluding carboxylic acids is 3. The van der Waals surface area contributed by atoms with Crippen LogP contribution in [-0.4, -0.2) is 105 Å². The lowest BCUT2D eigenvalue weighted by molar-refractivity contribution is -0.277. The third-order valence-corrected chi connectivity index (χ3v) is 15.5. The summed E-state index contributed by atoms with van der Waals surface area (Å²) in [6, 6.07) is 7.18. The van der Waals surface area contributed by atoms with Crippen LogP contribution in [0.4, 0.5) is 0 Å². The Morgan fingerprint density at radius 3 is 2.31 bits per heavy atom. The first kappa shape index (κ1) is 46.4. The summed E-state index contributed by atoms with van der Waals surface area (Å²) < 4.78 is 47.5. The fourth-order valence-electron chi connectivity index (χ4n) is 12.3. The summed E-state index contributed by atoms with van der Waals surface area (Å²) in [7, 11) is 1.29. The van der Waals surface area contributed by atoms with Crippen molar-refractivity contribution in [3.63, 3.8) is 0 Å². The van der Waals surface area contributed by atoms with Gasteiger partial charge in [-0.25, -0.2) is 4.79 Å². The number of hydrogen-bond acceptors (Lipinski definition) is 14. The summed E-state index contributed by atoms with van der Waals surface area (Å²) in [6.45, 7) is 14.9. The van der Waals surface area contributed by atoms with Gasteiger partial charge < -0.3 is 53.6 Å². The molecule has 5 fully saturated rings. The van der Waals surface area contributed by atoms with Gasteiger partial charge in [0.05, 0.1) is 30.5 Å². The molecule has 5 heterocycles. The maximum atomic E-state index is 15.9. The SMILES string of the molecule is COC(=O)/C(C)=C\CC12OC(C)(C)C3CC(C1=O)C1C4=C(OC5=C1C32Oc1c(CC=C(C)C)c2c(c(O[C@H]3O[C@@H](CO)[C@H](O)[C@@H](O)[C@@H]3O)c15)C=CC(C)(CCC=C(C)C)O2)c1ccccc1C4=O. The standard InChI is InChI=1S/C54H60O14/c1-25(2)13-12-20-52(8)21-19-31-43(66-52)30(17-16-26(3)4)46-37(45(31)65-50-42(59)41(58)40(57)33(24-55)63-50)47-38-35(36-39(56)28-14-10-11-15-29(28)44(36)64-47)32-23-34-51(6,7)68-53(48(32)60,54(34,38)67-46)22-18-27(5)49(61)62-9/h10-11,13-16,18-19,21,32-35,40-42,50,55,57-59H,12,17,20,22-24H2,1-9H3/b27-18-/t32?,33-,34?,35?,40-,41+,42-,50+,52?,53?,54?/m0/s1. The van der Waals surface area contributed by atoms with Crippen molar-refractivity contribution in [1.29, 1.82) is 0 Å². The van der Waals surface area contributed by atoms with Gasteiger partial charge in [-0.3, -0.25) is 9.59 Å². The molecule has 1 spiro atoms. The van der Waals surface area contributed by atoms with E-state index in [4.69, 9.17) is 33.2 Å². The van der Waals surface area contributed by atoms with Crippen LogP contribution in [0.3, 0.4) is 0 Å². The van der Waals surface area contributed by atoms with E-state index in [0.717, 1.165) is 11.1 Å². The third kappa shape index (κ3) is 6.47. The fourth-order valence-corrected chi connectivity index (χ4v) is 12.3. The number of aliphatic hydroxyl groups is 4. The largest absolute Gasteiger partial charge is 0.482 e. The number of rotatable bonds is 11. The summed E-state index contributed by atoms with van der Waals surface area (Å²) in [4.78, 5) is 43.6. The molecule has 0 amide bonds. The minimum absolute atomic E-state index is 0.0771. The van der Waals surface area contributed by atoms with Crippen LogP contribution in [0.15, 0.2) is 76.4 Å². The zero-order valence-corrected chi connectivity index (χ0v) is 39.9. The number of ether oxygens (including phenoxy) is 7. The average Bonchev–Trinajstić information content (AvgIpc) is 3.66. The zero-order valence-electron chi connectivity index (χ0n) is 39.9. The molecule has 14 heteroatoms. The summed E-state index contributed by atoms with van der Waals surface area (Å²) in [5.41, 5.74) is 0.429. The van der Waals surface area contributed by atoms with Crippen molar-refractivity contribution in [3.05, 3.63) is 104 Å². The lowest BCUT2D eigenvalue weighted by Gasteiger charge is -2.62. The van der Waals surface area contributed by atoms with Gasteiger partial charge >= 0.3 is 5.97 Å². The molecule has 11 rings (SSSR count). The van der Waals surface area contributed by atoms with E-state index in [9.17, 15) is 30.0 Å². The van der Waals surface area contributed by atoms with E-state index >= 15 is 4.79 Å². The van der Waals surface area contributed by atoms with Crippen LogP contribution < -0.4 is 14.2 Å². The van der Waals surface area contributed by atoms with E-state index in [1.54, 1.807) is 25.1 Å². The van der Waals surface area contributed by atoms with Gasteiger partial charge in [0, 0.05) is 52.0 Å². The summed E-state index contributed by atoms with van der Waals surface area (Å²) in [6.07, 6.45) is 3.38. The molecular weight excluding hydrogens is 873 g/mol. The monoisotopic (exact) mass is 932 g/mol. The number of hydrogen-bond donors (Lipinski definition) is 4. The van der Waals surface area contributed by atoms with E-state index in [-0.39, 0.29) is 47.2 Å². The van der Waals surface area contributed by atoms with Crippen molar-refractivity contribution in [2.45, 2.75) is 141 Å². The third-order valence-electron chi connectivity index (χ3n) is 15.5. The molecule has 14 nitrogen and oxygen atoms in total. The van der Waals surface area contributed by atoms with Gasteiger partial charge in [-0.1, -0.05) is 53.6 Å².